The molecule has 1 saturated heterocycles. The summed E-state index contributed by atoms with van der Waals surface area (Å²) in [6.07, 6.45) is -6.08. The van der Waals surface area contributed by atoms with Crippen LogP contribution >= 0.6 is 11.9 Å². The molecule has 0 aromatic rings. The Hall–Kier alpha value is -1.31. The van der Waals surface area contributed by atoms with Crippen LogP contribution in [-0.4, -0.2) is 80.3 Å². The highest BCUT2D eigenvalue weighted by Gasteiger charge is 2.46. The van der Waals surface area contributed by atoms with Crippen LogP contribution in [0.3, 0.4) is 0 Å². The van der Waals surface area contributed by atoms with Gasteiger partial charge in [0.05, 0.1) is 11.4 Å². The monoisotopic (exact) mass is 381 g/mol. The summed E-state index contributed by atoms with van der Waals surface area (Å²) >= 11 is 0.535. The number of aliphatic hydroxyl groups is 4. The standard InChI is InChI=1S/C13H23N3O8S/c1-5(18)14-10(13(2,3)25-16-23)11(21)15-7-9(20)8(19)6(4-17)24-12(7)22/h6-10,12,17,19-20,22H,4H2,1-3H3,(H,14,18)(H,15,21)/t6-,7+,8-,9+,10-,12-/m1/s1. The summed E-state index contributed by atoms with van der Waals surface area (Å²) < 4.78 is 6.49. The lowest BCUT2D eigenvalue weighted by molar-refractivity contribution is -0.254. The summed E-state index contributed by atoms with van der Waals surface area (Å²) in [7, 11) is 0. The Morgan fingerprint density at radius 2 is 1.88 bits per heavy atom. The normalized spacial score (nSPS) is 31.1. The summed E-state index contributed by atoms with van der Waals surface area (Å²) in [6.45, 7) is 3.54. The summed E-state index contributed by atoms with van der Waals surface area (Å²) in [5.74, 6) is -1.36. The average Bonchev–Trinajstić information content (AvgIpc) is 2.52. The molecule has 1 rings (SSSR count). The van der Waals surface area contributed by atoms with Crippen LogP contribution in [0.1, 0.15) is 20.8 Å². The molecule has 0 aromatic carbocycles. The topological polar surface area (TPSA) is 178 Å². The Morgan fingerprint density at radius 3 is 2.36 bits per heavy atom. The number of rotatable bonds is 7. The highest BCUT2D eigenvalue weighted by molar-refractivity contribution is 7.99. The quantitative estimate of drug-likeness (QED) is 0.207. The molecule has 1 fully saturated rings. The van der Waals surface area contributed by atoms with Crippen molar-refractivity contribution >= 4 is 23.8 Å². The Labute approximate surface area is 148 Å². The molecule has 0 radical (unpaired) electrons. The molecule has 25 heavy (non-hydrogen) atoms. The van der Waals surface area contributed by atoms with Crippen molar-refractivity contribution in [1.82, 2.24) is 10.6 Å². The number of aliphatic hydroxyl groups excluding tert-OH is 4. The zero-order valence-corrected chi connectivity index (χ0v) is 14.8. The number of amides is 2. The number of nitrogens with zero attached hydrogens (tertiary/aromatic N) is 1. The Kier molecular flexibility index (Phi) is 7.71. The first-order valence-corrected chi connectivity index (χ1v) is 8.21. The van der Waals surface area contributed by atoms with Gasteiger partial charge in [0, 0.05) is 23.5 Å². The number of hydrogen-bond acceptors (Lipinski definition) is 10. The maximum atomic E-state index is 12.5. The molecule has 11 nitrogen and oxygen atoms in total. The highest BCUT2D eigenvalue weighted by Crippen LogP contribution is 2.29. The number of nitroso groups, excluding NO2 is 1. The minimum absolute atomic E-state index is 0.535. The van der Waals surface area contributed by atoms with Crippen LogP contribution in [0, 0.1) is 4.91 Å². The molecule has 1 heterocycles. The van der Waals surface area contributed by atoms with Crippen LogP contribution in [-0.2, 0) is 14.3 Å². The van der Waals surface area contributed by atoms with E-state index in [1.807, 2.05) is 0 Å². The van der Waals surface area contributed by atoms with Gasteiger partial charge in [0.25, 0.3) is 0 Å². The zero-order valence-electron chi connectivity index (χ0n) is 13.9. The molecule has 6 atom stereocenters. The number of carbonyl (C=O) groups is 2. The minimum Gasteiger partial charge on any atom is -0.394 e. The molecule has 6 N–H and O–H groups in total. The lowest BCUT2D eigenvalue weighted by Crippen LogP contribution is -2.67. The van der Waals surface area contributed by atoms with Crippen molar-refractivity contribution < 1.29 is 34.8 Å². The second kappa shape index (κ2) is 8.87. The van der Waals surface area contributed by atoms with E-state index in [-0.39, 0.29) is 0 Å². The predicted molar refractivity (Wildman–Crippen MR) is 87.0 cm³/mol. The third-order valence-electron chi connectivity index (χ3n) is 3.79. The van der Waals surface area contributed by atoms with Crippen molar-refractivity contribution in [1.29, 1.82) is 0 Å². The first-order chi connectivity index (χ1) is 11.5. The predicted octanol–water partition coefficient (Wildman–Crippen LogP) is -2.40. The second-order valence-corrected chi connectivity index (χ2v) is 7.55. The molecule has 0 bridgehead atoms. The van der Waals surface area contributed by atoms with Gasteiger partial charge in [-0.15, -0.1) is 4.91 Å². The third-order valence-corrected chi connectivity index (χ3v) is 4.57. The fourth-order valence-corrected chi connectivity index (χ4v) is 2.87. The molecular formula is C13H23N3O8S. The molecule has 0 saturated carbocycles. The molecule has 0 unspecified atom stereocenters. The molecule has 0 aliphatic carbocycles. The molecule has 1 aliphatic heterocycles. The van der Waals surface area contributed by atoms with E-state index in [4.69, 9.17) is 9.84 Å². The van der Waals surface area contributed by atoms with Gasteiger partial charge >= 0.3 is 0 Å². The van der Waals surface area contributed by atoms with Crippen LogP contribution in [0.25, 0.3) is 0 Å². The third kappa shape index (κ3) is 5.33. The van der Waals surface area contributed by atoms with E-state index in [1.54, 1.807) is 0 Å². The second-order valence-electron chi connectivity index (χ2n) is 6.17. The van der Waals surface area contributed by atoms with E-state index in [1.165, 1.54) is 20.8 Å². The van der Waals surface area contributed by atoms with Gasteiger partial charge in [0.15, 0.2) is 6.29 Å². The molecule has 1 aliphatic rings. The number of hydrogen-bond donors (Lipinski definition) is 6. The SMILES string of the molecule is CC(=O)N[C@H](C(=O)N[C@H]1[C@H](O)[C@H](O)[C@@H](CO)O[C@H]1O)C(C)(C)SN=O. The van der Waals surface area contributed by atoms with E-state index in [2.05, 4.69) is 15.2 Å². The van der Waals surface area contributed by atoms with Gasteiger partial charge in [0.1, 0.15) is 30.4 Å². The lowest BCUT2D eigenvalue weighted by atomic mass is 9.95. The van der Waals surface area contributed by atoms with Gasteiger partial charge < -0.3 is 35.8 Å². The molecule has 0 spiro atoms. The number of ether oxygens (including phenoxy) is 1. The Balaban J connectivity index is 2.95. The summed E-state index contributed by atoms with van der Waals surface area (Å²) in [6, 6.07) is -2.63. The number of carbonyl (C=O) groups excluding carboxylic acids is 2. The lowest BCUT2D eigenvalue weighted by Gasteiger charge is -2.41. The van der Waals surface area contributed by atoms with E-state index in [0.717, 1.165) is 0 Å². The van der Waals surface area contributed by atoms with Gasteiger partial charge in [-0.25, -0.2) is 0 Å². The first kappa shape index (κ1) is 21.7. The zero-order chi connectivity index (χ0) is 19.4. The Bertz CT molecular complexity index is 506. The summed E-state index contributed by atoms with van der Waals surface area (Å²) in [5, 5.41) is 43.5. The van der Waals surface area contributed by atoms with Gasteiger partial charge in [0.2, 0.25) is 11.8 Å². The van der Waals surface area contributed by atoms with E-state index >= 15 is 0 Å². The van der Waals surface area contributed by atoms with Gasteiger partial charge in [-0.2, -0.15) is 0 Å². The molecule has 0 aromatic heterocycles. The smallest absolute Gasteiger partial charge is 0.244 e. The Morgan fingerprint density at radius 1 is 1.28 bits per heavy atom. The van der Waals surface area contributed by atoms with Crippen molar-refractivity contribution in [3.8, 4) is 0 Å². The molecular weight excluding hydrogens is 358 g/mol. The van der Waals surface area contributed by atoms with Crippen LogP contribution in [0.2, 0.25) is 0 Å². The largest absolute Gasteiger partial charge is 0.394 e. The van der Waals surface area contributed by atoms with Gasteiger partial charge in [-0.1, -0.05) is 0 Å². The average molecular weight is 381 g/mol. The van der Waals surface area contributed by atoms with Crippen LogP contribution < -0.4 is 10.6 Å². The van der Waals surface area contributed by atoms with Crippen molar-refractivity contribution in [2.24, 2.45) is 4.58 Å². The molecule has 2 amide bonds. The minimum atomic E-state index is -1.70. The van der Waals surface area contributed by atoms with Crippen molar-refractivity contribution in [3.63, 3.8) is 0 Å². The maximum Gasteiger partial charge on any atom is 0.244 e. The van der Waals surface area contributed by atoms with Crippen LogP contribution in [0.4, 0.5) is 0 Å². The first-order valence-electron chi connectivity index (χ1n) is 7.44. The molecule has 144 valence electrons. The van der Waals surface area contributed by atoms with Crippen LogP contribution in [0.5, 0.6) is 0 Å². The maximum absolute atomic E-state index is 12.5. The fourth-order valence-electron chi connectivity index (χ4n) is 2.41. The highest BCUT2D eigenvalue weighted by atomic mass is 32.2. The van der Waals surface area contributed by atoms with Gasteiger partial charge in [-0.05, 0) is 13.8 Å². The van der Waals surface area contributed by atoms with Crippen molar-refractivity contribution in [2.75, 3.05) is 6.61 Å². The van der Waals surface area contributed by atoms with Crippen LogP contribution in [0.15, 0.2) is 4.58 Å². The van der Waals surface area contributed by atoms with Gasteiger partial charge in [-0.3, -0.25) is 9.59 Å². The fraction of sp³-hybridized carbons (Fsp3) is 0.846. The van der Waals surface area contributed by atoms with Crippen molar-refractivity contribution in [2.45, 2.75) is 62.2 Å². The molecule has 12 heteroatoms. The number of nitrogens with one attached hydrogen (secondary N) is 2. The summed E-state index contributed by atoms with van der Waals surface area (Å²) in [4.78, 5) is 34.4. The summed E-state index contributed by atoms with van der Waals surface area (Å²) in [5.41, 5.74) is 0. The van der Waals surface area contributed by atoms with E-state index in [9.17, 15) is 29.8 Å². The van der Waals surface area contributed by atoms with E-state index in [0.29, 0.717) is 11.9 Å². The van der Waals surface area contributed by atoms with Crippen molar-refractivity contribution in [3.05, 3.63) is 4.91 Å². The van der Waals surface area contributed by atoms with E-state index < -0.39 is 59.9 Å².